The summed E-state index contributed by atoms with van der Waals surface area (Å²) in [6.45, 7) is 5.76. The standard InChI is InChI=1S/C14H20N2O4/c1-4-8-16(9-12(17)18)13-11(6-5-7-15-13)14(19)20-10(2)3/h5-7,10H,4,8-9H2,1-3H3,(H,17,18). The Kier molecular flexibility index (Phi) is 5.96. The lowest BCUT2D eigenvalue weighted by Gasteiger charge is -2.23. The molecule has 0 aliphatic carbocycles. The van der Waals surface area contributed by atoms with Crippen molar-refractivity contribution in [2.45, 2.75) is 33.3 Å². The highest BCUT2D eigenvalue weighted by molar-refractivity contribution is 5.95. The summed E-state index contributed by atoms with van der Waals surface area (Å²) >= 11 is 0. The minimum absolute atomic E-state index is 0.202. The molecule has 0 aromatic carbocycles. The molecule has 0 aliphatic heterocycles. The van der Waals surface area contributed by atoms with Gasteiger partial charge in [-0.25, -0.2) is 9.78 Å². The van der Waals surface area contributed by atoms with E-state index in [1.165, 1.54) is 6.20 Å². The fourth-order valence-corrected chi connectivity index (χ4v) is 1.78. The first-order valence-electron chi connectivity index (χ1n) is 6.58. The summed E-state index contributed by atoms with van der Waals surface area (Å²) in [5, 5.41) is 8.96. The zero-order chi connectivity index (χ0) is 15.1. The molecule has 0 unspecified atom stereocenters. The average molecular weight is 280 g/mol. The molecule has 1 aromatic heterocycles. The number of pyridine rings is 1. The van der Waals surface area contributed by atoms with Crippen molar-refractivity contribution in [1.29, 1.82) is 0 Å². The van der Waals surface area contributed by atoms with Crippen molar-refractivity contribution in [3.8, 4) is 0 Å². The van der Waals surface area contributed by atoms with Gasteiger partial charge in [-0.05, 0) is 32.4 Å². The molecule has 110 valence electrons. The number of ether oxygens (including phenoxy) is 1. The van der Waals surface area contributed by atoms with Crippen LogP contribution >= 0.6 is 0 Å². The fraction of sp³-hybridized carbons (Fsp3) is 0.500. The van der Waals surface area contributed by atoms with E-state index in [2.05, 4.69) is 4.98 Å². The second-order valence-corrected chi connectivity index (χ2v) is 4.64. The summed E-state index contributed by atoms with van der Waals surface area (Å²) < 4.78 is 5.16. The van der Waals surface area contributed by atoms with Gasteiger partial charge in [0, 0.05) is 12.7 Å². The van der Waals surface area contributed by atoms with Gasteiger partial charge in [0.1, 0.15) is 17.9 Å². The zero-order valence-corrected chi connectivity index (χ0v) is 12.0. The Morgan fingerprint density at radius 3 is 2.70 bits per heavy atom. The zero-order valence-electron chi connectivity index (χ0n) is 12.0. The molecule has 0 radical (unpaired) electrons. The predicted molar refractivity (Wildman–Crippen MR) is 74.9 cm³/mol. The van der Waals surface area contributed by atoms with E-state index in [1.54, 1.807) is 30.9 Å². The third kappa shape index (κ3) is 4.53. The number of esters is 1. The normalized spacial score (nSPS) is 10.4. The van der Waals surface area contributed by atoms with E-state index in [0.717, 1.165) is 6.42 Å². The second kappa shape index (κ2) is 7.47. The first-order chi connectivity index (χ1) is 9.45. The van der Waals surface area contributed by atoms with Gasteiger partial charge in [0.15, 0.2) is 0 Å². The Bertz CT molecular complexity index is 474. The largest absolute Gasteiger partial charge is 0.480 e. The smallest absolute Gasteiger partial charge is 0.342 e. The maximum atomic E-state index is 12.0. The van der Waals surface area contributed by atoms with E-state index in [-0.39, 0.29) is 18.2 Å². The first kappa shape index (κ1) is 15.9. The molecule has 0 saturated heterocycles. The number of anilines is 1. The van der Waals surface area contributed by atoms with Crippen LogP contribution in [0.4, 0.5) is 5.82 Å². The van der Waals surface area contributed by atoms with Crippen molar-refractivity contribution in [3.63, 3.8) is 0 Å². The molecule has 0 aliphatic rings. The summed E-state index contributed by atoms with van der Waals surface area (Å²) in [7, 11) is 0. The molecule has 1 aromatic rings. The van der Waals surface area contributed by atoms with E-state index >= 15 is 0 Å². The van der Waals surface area contributed by atoms with Gasteiger partial charge < -0.3 is 14.7 Å². The van der Waals surface area contributed by atoms with Crippen LogP contribution in [0.2, 0.25) is 0 Å². The number of hydrogen-bond acceptors (Lipinski definition) is 5. The average Bonchev–Trinajstić information content (AvgIpc) is 2.37. The van der Waals surface area contributed by atoms with Crippen LogP contribution in [0, 0.1) is 0 Å². The minimum Gasteiger partial charge on any atom is -0.480 e. The molecular weight excluding hydrogens is 260 g/mol. The van der Waals surface area contributed by atoms with Gasteiger partial charge in [-0.1, -0.05) is 6.92 Å². The van der Waals surface area contributed by atoms with Crippen molar-refractivity contribution in [2.24, 2.45) is 0 Å². The van der Waals surface area contributed by atoms with Gasteiger partial charge in [-0.15, -0.1) is 0 Å². The van der Waals surface area contributed by atoms with Gasteiger partial charge in [-0.2, -0.15) is 0 Å². The summed E-state index contributed by atoms with van der Waals surface area (Å²) in [5.41, 5.74) is 0.288. The molecule has 0 saturated carbocycles. The van der Waals surface area contributed by atoms with Crippen LogP contribution in [0.3, 0.4) is 0 Å². The van der Waals surface area contributed by atoms with Gasteiger partial charge >= 0.3 is 11.9 Å². The van der Waals surface area contributed by atoms with Gasteiger partial charge in [0.05, 0.1) is 6.10 Å². The van der Waals surface area contributed by atoms with Crippen LogP contribution in [0.5, 0.6) is 0 Å². The SMILES string of the molecule is CCCN(CC(=O)O)c1ncccc1C(=O)OC(C)C. The third-order valence-electron chi connectivity index (χ3n) is 2.47. The molecule has 0 spiro atoms. The highest BCUT2D eigenvalue weighted by atomic mass is 16.5. The van der Waals surface area contributed by atoms with Crippen molar-refractivity contribution in [2.75, 3.05) is 18.0 Å². The Labute approximate surface area is 118 Å². The molecule has 0 atom stereocenters. The molecule has 0 bridgehead atoms. The van der Waals surface area contributed by atoms with Crippen molar-refractivity contribution in [1.82, 2.24) is 4.98 Å². The number of nitrogens with zero attached hydrogens (tertiary/aromatic N) is 2. The van der Waals surface area contributed by atoms with E-state index in [1.807, 2.05) is 6.92 Å². The van der Waals surface area contributed by atoms with E-state index in [0.29, 0.717) is 12.4 Å². The van der Waals surface area contributed by atoms with Crippen LogP contribution < -0.4 is 4.90 Å². The Hall–Kier alpha value is -2.11. The van der Waals surface area contributed by atoms with Crippen molar-refractivity contribution < 1.29 is 19.4 Å². The van der Waals surface area contributed by atoms with E-state index in [4.69, 9.17) is 9.84 Å². The molecule has 1 heterocycles. The minimum atomic E-state index is -0.965. The van der Waals surface area contributed by atoms with Gasteiger partial charge in [-0.3, -0.25) is 4.79 Å². The summed E-state index contributed by atoms with van der Waals surface area (Å²) in [4.78, 5) is 28.7. The molecule has 1 N–H and O–H groups in total. The lowest BCUT2D eigenvalue weighted by atomic mass is 10.2. The lowest BCUT2D eigenvalue weighted by molar-refractivity contribution is -0.135. The van der Waals surface area contributed by atoms with E-state index < -0.39 is 11.9 Å². The lowest BCUT2D eigenvalue weighted by Crippen LogP contribution is -2.32. The van der Waals surface area contributed by atoms with Crippen LogP contribution in [-0.2, 0) is 9.53 Å². The first-order valence-corrected chi connectivity index (χ1v) is 6.58. The van der Waals surface area contributed by atoms with Crippen LogP contribution in [-0.4, -0.2) is 41.2 Å². The summed E-state index contributed by atoms with van der Waals surface area (Å²) in [6.07, 6.45) is 2.05. The molecule has 0 amide bonds. The molecular formula is C14H20N2O4. The maximum Gasteiger partial charge on any atom is 0.342 e. The number of carbonyl (C=O) groups is 2. The monoisotopic (exact) mass is 280 g/mol. The van der Waals surface area contributed by atoms with E-state index in [9.17, 15) is 9.59 Å². The molecule has 0 fully saturated rings. The van der Waals surface area contributed by atoms with Crippen LogP contribution in [0.25, 0.3) is 0 Å². The fourth-order valence-electron chi connectivity index (χ4n) is 1.78. The predicted octanol–water partition coefficient (Wildman–Crippen LogP) is 1.95. The second-order valence-electron chi connectivity index (χ2n) is 4.64. The maximum absolute atomic E-state index is 12.0. The van der Waals surface area contributed by atoms with Crippen molar-refractivity contribution in [3.05, 3.63) is 23.9 Å². The summed E-state index contributed by atoms with van der Waals surface area (Å²) in [6, 6.07) is 3.23. The van der Waals surface area contributed by atoms with Crippen LogP contribution in [0.1, 0.15) is 37.6 Å². The quantitative estimate of drug-likeness (QED) is 0.769. The number of carbonyl (C=O) groups excluding carboxylic acids is 1. The molecule has 20 heavy (non-hydrogen) atoms. The Morgan fingerprint density at radius 1 is 1.45 bits per heavy atom. The van der Waals surface area contributed by atoms with Crippen LogP contribution in [0.15, 0.2) is 18.3 Å². The Morgan fingerprint density at radius 2 is 2.15 bits per heavy atom. The highest BCUT2D eigenvalue weighted by Crippen LogP contribution is 2.19. The Balaban J connectivity index is 3.08. The van der Waals surface area contributed by atoms with Crippen molar-refractivity contribution >= 4 is 17.8 Å². The molecule has 1 rings (SSSR count). The number of rotatable bonds is 7. The third-order valence-corrected chi connectivity index (χ3v) is 2.47. The van der Waals surface area contributed by atoms with Gasteiger partial charge in [0.2, 0.25) is 0 Å². The number of hydrogen-bond donors (Lipinski definition) is 1. The number of aliphatic carboxylic acids is 1. The number of carboxylic acid groups (broad SMARTS) is 1. The number of carboxylic acids is 1. The highest BCUT2D eigenvalue weighted by Gasteiger charge is 2.20. The topological polar surface area (TPSA) is 79.7 Å². The summed E-state index contributed by atoms with van der Waals surface area (Å²) in [5.74, 6) is -1.11. The molecule has 6 heteroatoms. The molecule has 6 nitrogen and oxygen atoms in total. The number of aromatic nitrogens is 1. The van der Waals surface area contributed by atoms with Gasteiger partial charge in [0.25, 0.3) is 0 Å².